The van der Waals surface area contributed by atoms with Gasteiger partial charge in [0, 0.05) is 0 Å². The Bertz CT molecular complexity index is 179. The van der Waals surface area contributed by atoms with Crippen molar-refractivity contribution < 1.29 is 5.32 Å². The van der Waals surface area contributed by atoms with Gasteiger partial charge in [-0.25, -0.2) is 0 Å². The molecule has 1 aromatic rings. The fourth-order valence-corrected chi connectivity index (χ4v) is 1.48. The first-order chi connectivity index (χ1) is 4.93. The highest BCUT2D eigenvalue weighted by Gasteiger charge is 1.92. The number of rotatable bonds is 4. The SMILES string of the molecule is C=CC[NH2+]Cc1cccs1. The third kappa shape index (κ3) is 2.33. The second-order valence-corrected chi connectivity index (χ2v) is 3.13. The molecule has 0 aromatic carbocycles. The molecule has 0 spiro atoms. The molecule has 0 aliphatic carbocycles. The highest BCUT2D eigenvalue weighted by Crippen LogP contribution is 2.05. The van der Waals surface area contributed by atoms with Crippen LogP contribution < -0.4 is 5.32 Å². The van der Waals surface area contributed by atoms with E-state index >= 15 is 0 Å². The summed E-state index contributed by atoms with van der Waals surface area (Å²) in [6.45, 7) is 5.75. The Morgan fingerprint density at radius 2 is 2.60 bits per heavy atom. The molecule has 0 radical (unpaired) electrons. The summed E-state index contributed by atoms with van der Waals surface area (Å²) in [7, 11) is 0. The number of quaternary nitrogens is 1. The molecule has 1 rings (SSSR count). The van der Waals surface area contributed by atoms with Crippen molar-refractivity contribution in [3.63, 3.8) is 0 Å². The summed E-state index contributed by atoms with van der Waals surface area (Å²) in [6.07, 6.45) is 1.92. The van der Waals surface area contributed by atoms with Crippen molar-refractivity contribution in [2.24, 2.45) is 0 Å². The predicted molar refractivity (Wildman–Crippen MR) is 45.0 cm³/mol. The van der Waals surface area contributed by atoms with Crippen LogP contribution in [0.25, 0.3) is 0 Å². The summed E-state index contributed by atoms with van der Waals surface area (Å²) in [4.78, 5) is 1.43. The average molecular weight is 154 g/mol. The third-order valence-corrected chi connectivity index (χ3v) is 2.16. The lowest BCUT2D eigenvalue weighted by atomic mass is 10.4. The maximum Gasteiger partial charge on any atom is 0.111 e. The Hall–Kier alpha value is -0.600. The van der Waals surface area contributed by atoms with Gasteiger partial charge >= 0.3 is 0 Å². The lowest BCUT2D eigenvalue weighted by Crippen LogP contribution is -2.82. The summed E-state index contributed by atoms with van der Waals surface area (Å²) in [6, 6.07) is 4.24. The van der Waals surface area contributed by atoms with Gasteiger partial charge in [-0.3, -0.25) is 0 Å². The van der Waals surface area contributed by atoms with Gasteiger partial charge in [-0.15, -0.1) is 11.3 Å². The molecule has 0 saturated heterocycles. The Morgan fingerprint density at radius 1 is 1.70 bits per heavy atom. The first-order valence-electron chi connectivity index (χ1n) is 3.38. The molecular weight excluding hydrogens is 142 g/mol. The lowest BCUT2D eigenvalue weighted by Gasteiger charge is -1.92. The van der Waals surface area contributed by atoms with E-state index in [-0.39, 0.29) is 0 Å². The van der Waals surface area contributed by atoms with E-state index < -0.39 is 0 Å². The Labute approximate surface area is 65.4 Å². The number of hydrogen-bond acceptors (Lipinski definition) is 1. The maximum atomic E-state index is 3.65. The van der Waals surface area contributed by atoms with Crippen molar-refractivity contribution in [3.8, 4) is 0 Å². The number of thiophene rings is 1. The zero-order valence-electron chi connectivity index (χ0n) is 5.92. The minimum atomic E-state index is 1.01. The van der Waals surface area contributed by atoms with Gasteiger partial charge < -0.3 is 5.32 Å². The van der Waals surface area contributed by atoms with Crippen LogP contribution in [0.15, 0.2) is 30.2 Å². The molecule has 10 heavy (non-hydrogen) atoms. The largest absolute Gasteiger partial charge is 0.339 e. The van der Waals surface area contributed by atoms with Gasteiger partial charge in [0.15, 0.2) is 0 Å². The van der Waals surface area contributed by atoms with Crippen LogP contribution in [0.1, 0.15) is 4.88 Å². The van der Waals surface area contributed by atoms with Crippen LogP contribution in [0.2, 0.25) is 0 Å². The van der Waals surface area contributed by atoms with Crippen LogP contribution in [0, 0.1) is 0 Å². The van der Waals surface area contributed by atoms with Crippen LogP contribution >= 0.6 is 11.3 Å². The van der Waals surface area contributed by atoms with E-state index in [1.54, 1.807) is 0 Å². The van der Waals surface area contributed by atoms with Crippen LogP contribution in [0.3, 0.4) is 0 Å². The summed E-state index contributed by atoms with van der Waals surface area (Å²) < 4.78 is 0. The van der Waals surface area contributed by atoms with Crippen LogP contribution in [-0.4, -0.2) is 6.54 Å². The summed E-state index contributed by atoms with van der Waals surface area (Å²) in [5.41, 5.74) is 0. The fraction of sp³-hybridized carbons (Fsp3) is 0.250. The van der Waals surface area contributed by atoms with Crippen molar-refractivity contribution in [2.45, 2.75) is 6.54 Å². The zero-order chi connectivity index (χ0) is 7.23. The van der Waals surface area contributed by atoms with Gasteiger partial charge in [0.1, 0.15) is 6.54 Å². The highest BCUT2D eigenvalue weighted by molar-refractivity contribution is 7.09. The molecule has 0 aliphatic heterocycles. The quantitative estimate of drug-likeness (QED) is 0.492. The van der Waals surface area contributed by atoms with Gasteiger partial charge in [-0.05, 0) is 17.5 Å². The smallest absolute Gasteiger partial charge is 0.111 e. The molecule has 54 valence electrons. The normalized spacial score (nSPS) is 9.60. The molecule has 0 bridgehead atoms. The molecule has 0 aliphatic rings. The fourth-order valence-electron chi connectivity index (χ4n) is 0.772. The second-order valence-electron chi connectivity index (χ2n) is 2.10. The van der Waals surface area contributed by atoms with Gasteiger partial charge in [0.2, 0.25) is 0 Å². The molecule has 0 saturated carbocycles. The van der Waals surface area contributed by atoms with E-state index in [1.165, 1.54) is 4.88 Å². The maximum absolute atomic E-state index is 3.65. The van der Waals surface area contributed by atoms with Crippen molar-refractivity contribution in [2.75, 3.05) is 6.54 Å². The molecule has 0 amide bonds. The summed E-state index contributed by atoms with van der Waals surface area (Å²) in [5.74, 6) is 0. The van der Waals surface area contributed by atoms with Crippen molar-refractivity contribution in [3.05, 3.63) is 35.0 Å². The molecule has 0 fully saturated rings. The van der Waals surface area contributed by atoms with E-state index in [0.717, 1.165) is 13.1 Å². The van der Waals surface area contributed by atoms with Crippen molar-refractivity contribution in [1.29, 1.82) is 0 Å². The van der Waals surface area contributed by atoms with E-state index in [2.05, 4.69) is 29.4 Å². The molecule has 0 unspecified atom stereocenters. The Morgan fingerprint density at radius 3 is 3.20 bits per heavy atom. The van der Waals surface area contributed by atoms with E-state index in [0.29, 0.717) is 0 Å². The monoisotopic (exact) mass is 154 g/mol. The summed E-state index contributed by atoms with van der Waals surface area (Å²) in [5, 5.41) is 4.34. The summed E-state index contributed by atoms with van der Waals surface area (Å²) >= 11 is 1.81. The molecule has 2 N–H and O–H groups in total. The first kappa shape index (κ1) is 7.51. The van der Waals surface area contributed by atoms with Gasteiger partial charge in [-0.1, -0.05) is 12.6 Å². The molecule has 1 nitrogen and oxygen atoms in total. The minimum Gasteiger partial charge on any atom is -0.339 e. The molecule has 1 heterocycles. The Balaban J connectivity index is 2.21. The molecule has 1 aromatic heterocycles. The van der Waals surface area contributed by atoms with Crippen LogP contribution in [0.5, 0.6) is 0 Å². The van der Waals surface area contributed by atoms with E-state index in [9.17, 15) is 0 Å². The van der Waals surface area contributed by atoms with Crippen LogP contribution in [-0.2, 0) is 6.54 Å². The second kappa shape index (κ2) is 4.25. The number of hydrogen-bond donors (Lipinski definition) is 1. The van der Waals surface area contributed by atoms with Crippen molar-refractivity contribution >= 4 is 11.3 Å². The first-order valence-corrected chi connectivity index (χ1v) is 4.26. The van der Waals surface area contributed by atoms with E-state index in [1.807, 2.05) is 17.4 Å². The minimum absolute atomic E-state index is 1.01. The topological polar surface area (TPSA) is 16.6 Å². The Kier molecular flexibility index (Phi) is 3.19. The van der Waals surface area contributed by atoms with Crippen molar-refractivity contribution in [1.82, 2.24) is 0 Å². The predicted octanol–water partition coefficient (Wildman–Crippen LogP) is 0.997. The molecular formula is C8H12NS+. The number of nitrogens with two attached hydrogens (primary N) is 1. The third-order valence-electron chi connectivity index (χ3n) is 1.26. The van der Waals surface area contributed by atoms with Gasteiger partial charge in [0.25, 0.3) is 0 Å². The highest BCUT2D eigenvalue weighted by atomic mass is 32.1. The van der Waals surface area contributed by atoms with E-state index in [4.69, 9.17) is 0 Å². The zero-order valence-corrected chi connectivity index (χ0v) is 6.73. The van der Waals surface area contributed by atoms with Gasteiger partial charge in [-0.2, -0.15) is 0 Å². The van der Waals surface area contributed by atoms with Gasteiger partial charge in [0.05, 0.1) is 11.4 Å². The molecule has 2 heteroatoms. The average Bonchev–Trinajstić information content (AvgIpc) is 2.41. The molecule has 0 atom stereocenters. The standard InChI is InChI=1S/C8H11NS/c1-2-5-9-7-8-4-3-6-10-8/h2-4,6,9H,1,5,7H2/p+1. The lowest BCUT2D eigenvalue weighted by molar-refractivity contribution is -0.661. The van der Waals surface area contributed by atoms with Crippen LogP contribution in [0.4, 0.5) is 0 Å².